The Kier molecular flexibility index (Phi) is 4.69. The average molecular weight is 280 g/mol. The van der Waals surface area contributed by atoms with Crippen LogP contribution < -0.4 is 4.74 Å². The van der Waals surface area contributed by atoms with Crippen molar-refractivity contribution in [2.75, 3.05) is 6.79 Å². The molecule has 0 heterocycles. The van der Waals surface area contributed by atoms with Crippen LogP contribution in [-0.4, -0.2) is 18.1 Å². The van der Waals surface area contributed by atoms with Crippen molar-refractivity contribution in [2.24, 2.45) is 0 Å². The maximum Gasteiger partial charge on any atom is 0.508 e. The number of carboxylic acid groups (broad SMARTS) is 1. The lowest BCUT2D eigenvalue weighted by atomic mass is 9.80. The van der Waals surface area contributed by atoms with Crippen LogP contribution in [0.25, 0.3) is 0 Å². The summed E-state index contributed by atoms with van der Waals surface area (Å²) >= 11 is 0. The highest BCUT2D eigenvalue weighted by atomic mass is 16.7. The second-order valence-corrected chi connectivity index (χ2v) is 6.88. The van der Waals surface area contributed by atoms with E-state index in [0.29, 0.717) is 5.75 Å². The topological polar surface area (TPSA) is 55.8 Å². The molecule has 0 saturated heterocycles. The summed E-state index contributed by atoms with van der Waals surface area (Å²) in [6.07, 6.45) is -1.34. The minimum atomic E-state index is -1.34. The molecule has 1 N–H and O–H groups in total. The maximum atomic E-state index is 10.4. The molecule has 0 fully saturated rings. The van der Waals surface area contributed by atoms with E-state index in [-0.39, 0.29) is 17.6 Å². The van der Waals surface area contributed by atoms with Crippen molar-refractivity contribution in [3.05, 3.63) is 29.3 Å². The summed E-state index contributed by atoms with van der Waals surface area (Å²) in [4.78, 5) is 10.4. The lowest BCUT2D eigenvalue weighted by Crippen LogP contribution is -2.18. The Morgan fingerprint density at radius 1 is 1.10 bits per heavy atom. The molecule has 112 valence electrons. The summed E-state index contributed by atoms with van der Waals surface area (Å²) < 4.78 is 9.84. The van der Waals surface area contributed by atoms with Crippen LogP contribution in [0, 0.1) is 0 Å². The lowest BCUT2D eigenvalue weighted by Gasteiger charge is -2.27. The third-order valence-corrected chi connectivity index (χ3v) is 3.05. The fourth-order valence-corrected chi connectivity index (χ4v) is 1.85. The van der Waals surface area contributed by atoms with Crippen LogP contribution in [0.4, 0.5) is 4.79 Å². The van der Waals surface area contributed by atoms with Crippen molar-refractivity contribution < 1.29 is 19.4 Å². The summed E-state index contributed by atoms with van der Waals surface area (Å²) in [6, 6.07) is 6.01. The van der Waals surface area contributed by atoms with Gasteiger partial charge in [-0.1, -0.05) is 53.7 Å². The minimum absolute atomic E-state index is 0.0517. The van der Waals surface area contributed by atoms with Crippen LogP contribution in [0.1, 0.15) is 52.7 Å². The first-order valence-electron chi connectivity index (χ1n) is 6.65. The van der Waals surface area contributed by atoms with Gasteiger partial charge in [-0.05, 0) is 28.0 Å². The molecule has 0 bridgehead atoms. The van der Waals surface area contributed by atoms with Crippen LogP contribution >= 0.6 is 0 Å². The molecule has 1 aromatic carbocycles. The Bertz CT molecular complexity index is 478. The van der Waals surface area contributed by atoms with E-state index in [1.807, 2.05) is 12.1 Å². The van der Waals surface area contributed by atoms with E-state index in [2.05, 4.69) is 52.3 Å². The van der Waals surface area contributed by atoms with E-state index in [0.717, 1.165) is 5.56 Å². The molecule has 1 rings (SSSR count). The molecule has 0 aliphatic heterocycles. The lowest BCUT2D eigenvalue weighted by molar-refractivity contribution is 0.0253. The van der Waals surface area contributed by atoms with Gasteiger partial charge < -0.3 is 14.6 Å². The number of benzene rings is 1. The van der Waals surface area contributed by atoms with E-state index < -0.39 is 6.16 Å². The average Bonchev–Trinajstić information content (AvgIpc) is 2.25. The van der Waals surface area contributed by atoms with E-state index in [1.165, 1.54) is 5.56 Å². The van der Waals surface area contributed by atoms with Gasteiger partial charge in [0.15, 0.2) is 0 Å². The molecule has 4 nitrogen and oxygen atoms in total. The Labute approximate surface area is 120 Å². The van der Waals surface area contributed by atoms with Gasteiger partial charge in [-0.15, -0.1) is 0 Å². The van der Waals surface area contributed by atoms with E-state index >= 15 is 0 Å². The highest BCUT2D eigenvalue weighted by Gasteiger charge is 2.23. The Balaban J connectivity index is 3.08. The second-order valence-electron chi connectivity index (χ2n) is 6.88. The van der Waals surface area contributed by atoms with Crippen molar-refractivity contribution in [2.45, 2.75) is 52.4 Å². The van der Waals surface area contributed by atoms with Crippen molar-refractivity contribution in [3.8, 4) is 5.75 Å². The van der Waals surface area contributed by atoms with Crippen LogP contribution in [0.15, 0.2) is 18.2 Å². The summed E-state index contributed by atoms with van der Waals surface area (Å²) in [7, 11) is 0. The minimum Gasteiger partial charge on any atom is -0.457 e. The third-order valence-electron chi connectivity index (χ3n) is 3.05. The molecule has 4 heteroatoms. The number of ether oxygens (including phenoxy) is 2. The van der Waals surface area contributed by atoms with Gasteiger partial charge in [-0.25, -0.2) is 4.79 Å². The molecule has 0 aliphatic rings. The van der Waals surface area contributed by atoms with Crippen molar-refractivity contribution in [3.63, 3.8) is 0 Å². The molecule has 0 aliphatic carbocycles. The zero-order valence-electron chi connectivity index (χ0n) is 13.1. The van der Waals surface area contributed by atoms with Gasteiger partial charge in [0, 0.05) is 0 Å². The Morgan fingerprint density at radius 2 is 1.70 bits per heavy atom. The predicted octanol–water partition coefficient (Wildman–Crippen LogP) is 4.31. The molecule has 0 spiro atoms. The smallest absolute Gasteiger partial charge is 0.457 e. The monoisotopic (exact) mass is 280 g/mol. The highest BCUT2D eigenvalue weighted by molar-refractivity contribution is 5.56. The molecule has 0 amide bonds. The first-order valence-corrected chi connectivity index (χ1v) is 6.65. The second kappa shape index (κ2) is 5.73. The Morgan fingerprint density at radius 3 is 2.15 bits per heavy atom. The maximum absolute atomic E-state index is 10.4. The molecule has 0 radical (unpaired) electrons. The van der Waals surface area contributed by atoms with Gasteiger partial charge in [-0.2, -0.15) is 0 Å². The first kappa shape index (κ1) is 16.3. The fourth-order valence-electron chi connectivity index (χ4n) is 1.85. The summed E-state index contributed by atoms with van der Waals surface area (Å²) in [5, 5.41) is 8.47. The molecule has 0 unspecified atom stereocenters. The number of rotatable bonds is 3. The van der Waals surface area contributed by atoms with Crippen LogP contribution in [-0.2, 0) is 15.6 Å². The van der Waals surface area contributed by atoms with Crippen molar-refractivity contribution in [1.82, 2.24) is 0 Å². The zero-order valence-corrected chi connectivity index (χ0v) is 13.1. The van der Waals surface area contributed by atoms with Gasteiger partial charge >= 0.3 is 6.16 Å². The fraction of sp³-hybridized carbons (Fsp3) is 0.562. The van der Waals surface area contributed by atoms with Gasteiger partial charge in [-0.3, -0.25) is 0 Å². The largest absolute Gasteiger partial charge is 0.508 e. The number of carbonyl (C=O) groups is 1. The van der Waals surface area contributed by atoms with Gasteiger partial charge in [0.25, 0.3) is 0 Å². The standard InChI is InChI=1S/C16H24O4/c1-15(2,3)11-7-8-13(19-10-20-14(17)18)12(9-11)16(4,5)6/h7-9H,10H2,1-6H3,(H,17,18). The normalized spacial score (nSPS) is 12.1. The molecule has 1 aromatic rings. The summed E-state index contributed by atoms with van der Waals surface area (Å²) in [6.45, 7) is 12.5. The van der Waals surface area contributed by atoms with Gasteiger partial charge in [0.05, 0.1) is 0 Å². The summed E-state index contributed by atoms with van der Waals surface area (Å²) in [5.41, 5.74) is 2.21. The third kappa shape index (κ3) is 4.44. The summed E-state index contributed by atoms with van der Waals surface area (Å²) in [5.74, 6) is 0.659. The van der Waals surface area contributed by atoms with E-state index in [4.69, 9.17) is 9.84 Å². The molecule has 20 heavy (non-hydrogen) atoms. The van der Waals surface area contributed by atoms with Crippen molar-refractivity contribution in [1.29, 1.82) is 0 Å². The number of hydrogen-bond donors (Lipinski definition) is 1. The van der Waals surface area contributed by atoms with Gasteiger partial charge in [0.1, 0.15) is 5.75 Å². The zero-order chi connectivity index (χ0) is 15.6. The SMILES string of the molecule is CC(C)(C)c1ccc(OCOC(=O)O)c(C(C)(C)C)c1. The highest BCUT2D eigenvalue weighted by Crippen LogP contribution is 2.35. The number of hydrogen-bond acceptors (Lipinski definition) is 3. The Hall–Kier alpha value is -1.71. The van der Waals surface area contributed by atoms with Crippen LogP contribution in [0.2, 0.25) is 0 Å². The molecular formula is C16H24O4. The molecule has 0 saturated carbocycles. The van der Waals surface area contributed by atoms with Crippen LogP contribution in [0.3, 0.4) is 0 Å². The van der Waals surface area contributed by atoms with Crippen LogP contribution in [0.5, 0.6) is 5.75 Å². The first-order chi connectivity index (χ1) is 9.01. The predicted molar refractivity (Wildman–Crippen MR) is 78.4 cm³/mol. The molecule has 0 atom stereocenters. The molecule has 0 aromatic heterocycles. The van der Waals surface area contributed by atoms with E-state index in [1.54, 1.807) is 0 Å². The van der Waals surface area contributed by atoms with Crippen molar-refractivity contribution >= 4 is 6.16 Å². The quantitative estimate of drug-likeness (QED) is 0.662. The van der Waals surface area contributed by atoms with E-state index in [9.17, 15) is 4.79 Å². The molecular weight excluding hydrogens is 256 g/mol. The van der Waals surface area contributed by atoms with Gasteiger partial charge in [0.2, 0.25) is 6.79 Å².